The molecule has 0 saturated heterocycles. The number of nitriles is 2. The maximum atomic E-state index is 10.4. The molecule has 6 nitrogen and oxygen atoms in total. The Bertz CT molecular complexity index is 1920. The second kappa shape index (κ2) is 14.0. The summed E-state index contributed by atoms with van der Waals surface area (Å²) in [6, 6.07) is 43.6. The van der Waals surface area contributed by atoms with Crippen LogP contribution in [-0.2, 0) is 0 Å². The predicted molar refractivity (Wildman–Crippen MR) is 184 cm³/mol. The number of hydrogen-bond acceptors (Lipinski definition) is 8. The zero-order valence-corrected chi connectivity index (χ0v) is 26.6. The molecule has 222 valence electrons. The van der Waals surface area contributed by atoms with E-state index in [1.807, 2.05) is 121 Å². The molecule has 46 heavy (non-hydrogen) atoms. The summed E-state index contributed by atoms with van der Waals surface area (Å²) in [4.78, 5) is 9.92. The first-order chi connectivity index (χ1) is 22.6. The Morgan fingerprint density at radius 1 is 0.500 bits per heavy atom. The minimum absolute atomic E-state index is 0.453. The molecule has 0 aliphatic carbocycles. The summed E-state index contributed by atoms with van der Waals surface area (Å²) < 4.78 is 10.7. The fraction of sp³-hybridized carbons (Fsp3) is 0.0526. The average Bonchev–Trinajstić information content (AvgIpc) is 3.13. The molecule has 2 aromatic heterocycles. The molecule has 0 unspecified atom stereocenters. The molecule has 4 aromatic carbocycles. The molecular formula is C38H26N4O2S2. The zero-order chi connectivity index (χ0) is 31.9. The lowest BCUT2D eigenvalue weighted by molar-refractivity contribution is 0.415. The molecule has 6 aromatic rings. The largest absolute Gasteiger partial charge is 0.497 e. The lowest BCUT2D eigenvalue weighted by Gasteiger charge is -2.14. The first kappa shape index (κ1) is 30.5. The maximum absolute atomic E-state index is 10.4. The van der Waals surface area contributed by atoms with Crippen LogP contribution in [0.3, 0.4) is 0 Å². The van der Waals surface area contributed by atoms with Crippen molar-refractivity contribution in [2.75, 3.05) is 14.2 Å². The highest BCUT2D eigenvalue weighted by Crippen LogP contribution is 2.44. The van der Waals surface area contributed by atoms with Crippen LogP contribution in [0.5, 0.6) is 11.5 Å². The summed E-state index contributed by atoms with van der Waals surface area (Å²) >= 11 is 0. The van der Waals surface area contributed by atoms with Crippen molar-refractivity contribution in [3.8, 4) is 68.4 Å². The van der Waals surface area contributed by atoms with Gasteiger partial charge in [0.15, 0.2) is 0 Å². The molecule has 0 aliphatic rings. The number of nitrogens with zero attached hydrogens (tertiary/aromatic N) is 4. The van der Waals surface area contributed by atoms with E-state index in [2.05, 4.69) is 12.1 Å². The normalized spacial score (nSPS) is 10.5. The zero-order valence-electron chi connectivity index (χ0n) is 25.0. The van der Waals surface area contributed by atoms with Crippen LogP contribution in [0.15, 0.2) is 131 Å². The Morgan fingerprint density at radius 2 is 0.870 bits per heavy atom. The highest BCUT2D eigenvalue weighted by atomic mass is 33.1. The van der Waals surface area contributed by atoms with E-state index in [0.29, 0.717) is 32.6 Å². The number of hydrogen-bond donors (Lipinski definition) is 0. The molecule has 2 heterocycles. The van der Waals surface area contributed by atoms with Gasteiger partial charge in [-0.25, -0.2) is 9.97 Å². The fourth-order valence-electron chi connectivity index (χ4n) is 4.97. The number of methoxy groups -OCH3 is 2. The first-order valence-corrected chi connectivity index (χ1v) is 16.4. The summed E-state index contributed by atoms with van der Waals surface area (Å²) in [5.74, 6) is 1.49. The molecule has 0 spiro atoms. The average molecular weight is 635 g/mol. The minimum atomic E-state index is 0.453. The molecule has 8 heteroatoms. The monoisotopic (exact) mass is 634 g/mol. The van der Waals surface area contributed by atoms with Crippen molar-refractivity contribution in [3.05, 3.63) is 132 Å². The lowest BCUT2D eigenvalue weighted by atomic mass is 9.99. The van der Waals surface area contributed by atoms with Crippen LogP contribution in [0.1, 0.15) is 11.1 Å². The van der Waals surface area contributed by atoms with Crippen molar-refractivity contribution in [3.63, 3.8) is 0 Å². The molecule has 6 rings (SSSR count). The van der Waals surface area contributed by atoms with Crippen LogP contribution in [0.25, 0.3) is 44.8 Å². The maximum Gasteiger partial charge on any atom is 0.126 e. The van der Waals surface area contributed by atoms with Crippen LogP contribution in [0.2, 0.25) is 0 Å². The first-order valence-electron chi connectivity index (χ1n) is 14.3. The van der Waals surface area contributed by atoms with Crippen LogP contribution >= 0.6 is 21.6 Å². The highest BCUT2D eigenvalue weighted by molar-refractivity contribution is 8.76. The Labute approximate surface area is 275 Å². The topological polar surface area (TPSA) is 91.8 Å². The third-order valence-corrected chi connectivity index (χ3v) is 9.52. The van der Waals surface area contributed by atoms with Crippen molar-refractivity contribution in [2.45, 2.75) is 10.1 Å². The molecular weight excluding hydrogens is 609 g/mol. The standard InChI is InChI=1S/C38H26N4O2S2/c1-43-29-17-13-27(14-18-29)35-21-31(25-9-5-3-6-10-25)33(23-39)37(41-35)45-46-38-34(24-40)32(26-11-7-4-8-12-26)22-36(42-38)28-15-19-30(44-2)20-16-28/h3-22H,1-2H3. The number of rotatable bonds is 9. The van der Waals surface area contributed by atoms with Gasteiger partial charge in [0.05, 0.1) is 36.7 Å². The van der Waals surface area contributed by atoms with Crippen molar-refractivity contribution in [2.24, 2.45) is 0 Å². The van der Waals surface area contributed by atoms with Crippen LogP contribution in [-0.4, -0.2) is 24.2 Å². The molecule has 0 bridgehead atoms. The number of ether oxygens (including phenoxy) is 2. The molecule has 0 aliphatic heterocycles. The van der Waals surface area contributed by atoms with Gasteiger partial charge in [-0.2, -0.15) is 10.5 Å². The Hall–Kier alpha value is -5.54. The van der Waals surface area contributed by atoms with E-state index in [4.69, 9.17) is 19.4 Å². The van der Waals surface area contributed by atoms with E-state index in [-0.39, 0.29) is 0 Å². The Morgan fingerprint density at radius 3 is 1.20 bits per heavy atom. The van der Waals surface area contributed by atoms with Gasteiger partial charge >= 0.3 is 0 Å². The fourth-order valence-corrected chi connectivity index (χ4v) is 7.07. The summed E-state index contributed by atoms with van der Waals surface area (Å²) in [5, 5.41) is 21.9. The summed E-state index contributed by atoms with van der Waals surface area (Å²) in [6.07, 6.45) is 0. The van der Waals surface area contributed by atoms with Crippen LogP contribution in [0.4, 0.5) is 0 Å². The molecule has 0 saturated carbocycles. The van der Waals surface area contributed by atoms with Gasteiger partial charge in [-0.1, -0.05) is 60.7 Å². The van der Waals surface area contributed by atoms with Crippen molar-refractivity contribution in [1.82, 2.24) is 9.97 Å². The van der Waals surface area contributed by atoms with Gasteiger partial charge in [0.2, 0.25) is 0 Å². The summed E-state index contributed by atoms with van der Waals surface area (Å²) in [7, 11) is 5.90. The van der Waals surface area contributed by atoms with E-state index in [0.717, 1.165) is 44.9 Å². The van der Waals surface area contributed by atoms with E-state index in [1.165, 1.54) is 21.6 Å². The third kappa shape index (κ3) is 6.45. The van der Waals surface area contributed by atoms with Gasteiger partial charge in [-0.3, -0.25) is 0 Å². The van der Waals surface area contributed by atoms with Gasteiger partial charge in [0.1, 0.15) is 33.7 Å². The summed E-state index contributed by atoms with van der Waals surface area (Å²) in [6.45, 7) is 0. The van der Waals surface area contributed by atoms with Gasteiger partial charge in [-0.15, -0.1) is 0 Å². The third-order valence-electron chi connectivity index (χ3n) is 7.34. The smallest absolute Gasteiger partial charge is 0.126 e. The Balaban J connectivity index is 1.47. The molecule has 0 atom stereocenters. The number of pyridine rings is 2. The second-order valence-electron chi connectivity index (χ2n) is 10.0. The van der Waals surface area contributed by atoms with Gasteiger partial charge < -0.3 is 9.47 Å². The van der Waals surface area contributed by atoms with Crippen molar-refractivity contribution in [1.29, 1.82) is 10.5 Å². The van der Waals surface area contributed by atoms with E-state index >= 15 is 0 Å². The van der Waals surface area contributed by atoms with Crippen molar-refractivity contribution >= 4 is 21.6 Å². The van der Waals surface area contributed by atoms with Gasteiger partial charge in [-0.05, 0) is 93.4 Å². The lowest BCUT2D eigenvalue weighted by Crippen LogP contribution is -1.97. The van der Waals surface area contributed by atoms with Crippen molar-refractivity contribution < 1.29 is 9.47 Å². The molecule has 0 N–H and O–H groups in total. The van der Waals surface area contributed by atoms with Crippen LogP contribution in [0, 0.1) is 22.7 Å². The van der Waals surface area contributed by atoms with Gasteiger partial charge in [0, 0.05) is 22.3 Å². The molecule has 0 radical (unpaired) electrons. The second-order valence-corrected chi connectivity index (χ2v) is 12.2. The SMILES string of the molecule is COc1ccc(-c2cc(-c3ccccc3)c(C#N)c(SSc3nc(-c4ccc(OC)cc4)cc(-c4ccccc4)c3C#N)n2)cc1. The molecule has 0 amide bonds. The van der Waals surface area contributed by atoms with E-state index in [1.54, 1.807) is 14.2 Å². The van der Waals surface area contributed by atoms with Gasteiger partial charge in [0.25, 0.3) is 0 Å². The number of benzene rings is 4. The van der Waals surface area contributed by atoms with E-state index < -0.39 is 0 Å². The highest BCUT2D eigenvalue weighted by Gasteiger charge is 2.20. The quantitative estimate of drug-likeness (QED) is 0.145. The van der Waals surface area contributed by atoms with E-state index in [9.17, 15) is 10.5 Å². The number of aromatic nitrogens is 2. The molecule has 0 fully saturated rings. The predicted octanol–water partition coefficient (Wildman–Crippen LogP) is 9.70. The minimum Gasteiger partial charge on any atom is -0.497 e. The summed E-state index contributed by atoms with van der Waals surface area (Å²) in [5.41, 5.74) is 7.48. The van der Waals surface area contributed by atoms with Crippen LogP contribution < -0.4 is 9.47 Å². The Kier molecular flexibility index (Phi) is 9.31.